The molecule has 0 atom stereocenters. The zero-order chi connectivity index (χ0) is 12.4. The first kappa shape index (κ1) is 11.5. The van der Waals surface area contributed by atoms with Crippen LogP contribution in [0.15, 0.2) is 36.4 Å². The Bertz CT molecular complexity index is 537. The van der Waals surface area contributed by atoms with Crippen LogP contribution in [0.1, 0.15) is 0 Å². The van der Waals surface area contributed by atoms with Gasteiger partial charge in [-0.3, -0.25) is 0 Å². The Balaban J connectivity index is 2.53. The molecule has 2 aromatic carbocycles. The van der Waals surface area contributed by atoms with E-state index in [0.29, 0.717) is 22.7 Å². The molecule has 0 heterocycles. The highest BCUT2D eigenvalue weighted by atomic mass is 32.1. The van der Waals surface area contributed by atoms with E-state index in [1.54, 1.807) is 0 Å². The van der Waals surface area contributed by atoms with Crippen molar-refractivity contribution in [3.05, 3.63) is 36.4 Å². The van der Waals surface area contributed by atoms with Crippen molar-refractivity contribution in [2.45, 2.75) is 0 Å². The topological polar surface area (TPSA) is 90.1 Å². The van der Waals surface area contributed by atoms with Crippen molar-refractivity contribution in [1.29, 1.82) is 0 Å². The summed E-state index contributed by atoms with van der Waals surface area (Å²) in [6, 6.07) is 11.1. The smallest absolute Gasteiger partial charge is 0.0771 e. The first-order valence-corrected chi connectivity index (χ1v) is 5.46. The Hall–Kier alpha value is -2.01. The van der Waals surface area contributed by atoms with E-state index in [1.807, 2.05) is 36.4 Å². The minimum atomic E-state index is 0.467. The van der Waals surface area contributed by atoms with Crippen molar-refractivity contribution in [2.24, 2.45) is 0 Å². The molecule has 0 spiro atoms. The molecule has 0 aliphatic rings. The minimum Gasteiger partial charge on any atom is -0.670 e. The highest BCUT2D eigenvalue weighted by molar-refractivity contribution is 7.60. The third kappa shape index (κ3) is 2.09. The summed E-state index contributed by atoms with van der Waals surface area (Å²) in [5.74, 6) is 0. The van der Waals surface area contributed by atoms with Gasteiger partial charge in [-0.25, -0.2) is 0 Å². The fraction of sp³-hybridized carbons (Fsp3) is 0. The van der Waals surface area contributed by atoms with Crippen LogP contribution in [-0.4, -0.2) is 0 Å². The lowest BCUT2D eigenvalue weighted by atomic mass is 10.0. The third-order valence-corrected chi connectivity index (χ3v) is 2.84. The first-order valence-electron chi connectivity index (χ1n) is 5.05. The van der Waals surface area contributed by atoms with E-state index < -0.39 is 0 Å². The summed E-state index contributed by atoms with van der Waals surface area (Å²) < 4.78 is 2.58. The summed E-state index contributed by atoms with van der Waals surface area (Å²) in [6.07, 6.45) is 0. The molecule has 0 bridgehead atoms. The van der Waals surface area contributed by atoms with Crippen LogP contribution in [0.2, 0.25) is 0 Å². The third-order valence-electron chi connectivity index (χ3n) is 2.62. The second-order valence-electron chi connectivity index (χ2n) is 3.71. The fourth-order valence-corrected chi connectivity index (χ4v) is 1.82. The Morgan fingerprint density at radius 1 is 0.824 bits per heavy atom. The molecule has 4 nitrogen and oxygen atoms in total. The maximum atomic E-state index is 5.99. The van der Waals surface area contributed by atoms with Gasteiger partial charge in [-0.05, 0) is 23.8 Å². The number of rotatable bonds is 2. The van der Waals surface area contributed by atoms with Crippen LogP contribution in [-0.2, 0) is 12.8 Å². The average Bonchev–Trinajstić information content (AvgIpc) is 2.34. The second-order valence-corrected chi connectivity index (χ2v) is 3.92. The van der Waals surface area contributed by atoms with Gasteiger partial charge in [0.15, 0.2) is 0 Å². The lowest BCUT2D eigenvalue weighted by molar-refractivity contribution is 1.59. The van der Waals surface area contributed by atoms with Gasteiger partial charge in [0.2, 0.25) is 0 Å². The molecular formula is C12H13N4S-. The first-order chi connectivity index (χ1) is 8.13. The maximum absolute atomic E-state index is 5.99. The maximum Gasteiger partial charge on any atom is 0.0771 e. The minimum absolute atomic E-state index is 0.467. The SMILES string of the molecule is Nc1ccc(-c2ccc(N[S-])c(N)c2N)cc1. The van der Waals surface area contributed by atoms with Gasteiger partial charge in [-0.2, -0.15) is 0 Å². The summed E-state index contributed by atoms with van der Waals surface area (Å²) in [4.78, 5) is 0. The van der Waals surface area contributed by atoms with Crippen molar-refractivity contribution in [3.8, 4) is 11.1 Å². The molecule has 88 valence electrons. The summed E-state index contributed by atoms with van der Waals surface area (Å²) in [7, 11) is 0. The number of anilines is 4. The average molecular weight is 245 g/mol. The highest BCUT2D eigenvalue weighted by Gasteiger charge is 2.07. The molecule has 0 aliphatic carbocycles. The Morgan fingerprint density at radius 3 is 2.06 bits per heavy atom. The number of benzene rings is 2. The Kier molecular flexibility index (Phi) is 3.01. The molecule has 7 N–H and O–H groups in total. The molecule has 0 saturated heterocycles. The fourth-order valence-electron chi connectivity index (χ4n) is 1.64. The van der Waals surface area contributed by atoms with Crippen molar-refractivity contribution in [2.75, 3.05) is 21.9 Å². The second kappa shape index (κ2) is 4.47. The van der Waals surface area contributed by atoms with Gasteiger partial charge in [0.25, 0.3) is 0 Å². The van der Waals surface area contributed by atoms with Gasteiger partial charge >= 0.3 is 0 Å². The zero-order valence-corrected chi connectivity index (χ0v) is 9.92. The van der Waals surface area contributed by atoms with Crippen molar-refractivity contribution < 1.29 is 0 Å². The summed E-state index contributed by atoms with van der Waals surface area (Å²) in [5, 5.41) is 0. The number of nitrogens with one attached hydrogen (secondary N) is 1. The molecule has 17 heavy (non-hydrogen) atoms. The van der Waals surface area contributed by atoms with Crippen LogP contribution < -0.4 is 21.9 Å². The van der Waals surface area contributed by atoms with E-state index in [1.165, 1.54) is 0 Å². The van der Waals surface area contributed by atoms with E-state index in [9.17, 15) is 0 Å². The van der Waals surface area contributed by atoms with Crippen LogP contribution in [0.4, 0.5) is 22.7 Å². The van der Waals surface area contributed by atoms with E-state index in [2.05, 4.69) is 4.72 Å². The number of nitrogens with two attached hydrogens (primary N) is 3. The van der Waals surface area contributed by atoms with Gasteiger partial charge in [0.05, 0.1) is 11.4 Å². The van der Waals surface area contributed by atoms with E-state index in [4.69, 9.17) is 30.0 Å². The number of hydrogen-bond acceptors (Lipinski definition) is 5. The molecule has 0 aromatic heterocycles. The van der Waals surface area contributed by atoms with Crippen molar-refractivity contribution in [3.63, 3.8) is 0 Å². The van der Waals surface area contributed by atoms with Crippen molar-refractivity contribution >= 4 is 35.6 Å². The van der Waals surface area contributed by atoms with E-state index >= 15 is 0 Å². The lowest BCUT2D eigenvalue weighted by Crippen LogP contribution is -2.01. The lowest BCUT2D eigenvalue weighted by Gasteiger charge is -2.17. The van der Waals surface area contributed by atoms with Gasteiger partial charge in [-0.15, -0.1) is 0 Å². The highest BCUT2D eigenvalue weighted by Crippen LogP contribution is 2.35. The summed E-state index contributed by atoms with van der Waals surface area (Å²) in [5.41, 5.74) is 21.7. The van der Waals surface area contributed by atoms with Crippen molar-refractivity contribution in [1.82, 2.24) is 0 Å². The predicted octanol–water partition coefficient (Wildman–Crippen LogP) is 1.97. The van der Waals surface area contributed by atoms with Gasteiger partial charge in [0, 0.05) is 16.9 Å². The largest absolute Gasteiger partial charge is 0.670 e. The van der Waals surface area contributed by atoms with Gasteiger partial charge in [-0.1, -0.05) is 18.2 Å². The van der Waals surface area contributed by atoms with Gasteiger partial charge < -0.3 is 34.7 Å². The van der Waals surface area contributed by atoms with Gasteiger partial charge in [0.1, 0.15) is 0 Å². The molecular weight excluding hydrogens is 232 g/mol. The predicted molar refractivity (Wildman–Crippen MR) is 76.1 cm³/mol. The quantitative estimate of drug-likeness (QED) is 0.480. The standard InChI is InChI=1S/C12H13N4S/c13-8-3-1-7(2-4-8)9-5-6-10(16-17)12(15)11(9)14/h1-6,16H,13-15H2/q-1. The summed E-state index contributed by atoms with van der Waals surface area (Å²) >= 11 is 4.74. The molecule has 2 rings (SSSR count). The van der Waals surface area contributed by atoms with Crippen LogP contribution in [0.5, 0.6) is 0 Å². The molecule has 0 saturated carbocycles. The number of nitrogen functional groups attached to an aromatic ring is 3. The van der Waals surface area contributed by atoms with Crippen LogP contribution in [0, 0.1) is 0 Å². The summed E-state index contributed by atoms with van der Waals surface area (Å²) in [6.45, 7) is 0. The molecule has 0 unspecified atom stereocenters. The van der Waals surface area contributed by atoms with Crippen LogP contribution in [0.3, 0.4) is 0 Å². The van der Waals surface area contributed by atoms with Crippen LogP contribution >= 0.6 is 0 Å². The molecule has 2 aromatic rings. The molecule has 0 radical (unpaired) electrons. The zero-order valence-electron chi connectivity index (χ0n) is 9.10. The molecule has 5 heteroatoms. The van der Waals surface area contributed by atoms with Crippen LogP contribution in [0.25, 0.3) is 11.1 Å². The normalized spacial score (nSPS) is 10.2. The Labute approximate surface area is 105 Å². The monoisotopic (exact) mass is 245 g/mol. The Morgan fingerprint density at radius 2 is 1.47 bits per heavy atom. The molecule has 0 aliphatic heterocycles. The van der Waals surface area contributed by atoms with E-state index in [-0.39, 0.29) is 0 Å². The molecule has 0 fully saturated rings. The number of hydrogen-bond donors (Lipinski definition) is 4. The molecule has 0 amide bonds. The van der Waals surface area contributed by atoms with E-state index in [0.717, 1.165) is 11.1 Å².